The van der Waals surface area contributed by atoms with Gasteiger partial charge in [0.15, 0.2) is 0 Å². The highest BCUT2D eigenvalue weighted by Crippen LogP contribution is 2.33. The maximum Gasteiger partial charge on any atom is 0.240 e. The molecule has 1 N–H and O–H groups in total. The Morgan fingerprint density at radius 1 is 1.06 bits per heavy atom. The zero-order valence-corrected chi connectivity index (χ0v) is 18.8. The van der Waals surface area contributed by atoms with Crippen molar-refractivity contribution in [3.8, 4) is 0 Å². The summed E-state index contributed by atoms with van der Waals surface area (Å²) < 4.78 is 0. The highest BCUT2D eigenvalue weighted by molar-refractivity contribution is 6.31. The van der Waals surface area contributed by atoms with Gasteiger partial charge in [0, 0.05) is 11.6 Å². The van der Waals surface area contributed by atoms with Crippen molar-refractivity contribution in [2.45, 2.75) is 26.8 Å². The van der Waals surface area contributed by atoms with Crippen molar-refractivity contribution in [2.75, 3.05) is 11.4 Å². The summed E-state index contributed by atoms with van der Waals surface area (Å²) in [6.07, 6.45) is 0.121. The Kier molecular flexibility index (Phi) is 6.37. The van der Waals surface area contributed by atoms with Crippen molar-refractivity contribution in [3.05, 3.63) is 94.0 Å². The lowest BCUT2D eigenvalue weighted by Crippen LogP contribution is -2.41. The van der Waals surface area contributed by atoms with Crippen LogP contribution >= 0.6 is 11.6 Å². The van der Waals surface area contributed by atoms with Crippen LogP contribution in [0.2, 0.25) is 5.02 Å². The van der Waals surface area contributed by atoms with E-state index in [1.165, 1.54) is 4.90 Å². The number of hydrogen-bond acceptors (Lipinski definition) is 3. The number of benzene rings is 3. The van der Waals surface area contributed by atoms with Crippen LogP contribution in [0.25, 0.3) is 0 Å². The van der Waals surface area contributed by atoms with Crippen LogP contribution in [0.15, 0.2) is 71.7 Å². The van der Waals surface area contributed by atoms with E-state index in [4.69, 9.17) is 16.6 Å². The number of nitrogens with zero attached hydrogens (tertiary/aromatic N) is 2. The first-order valence-electron chi connectivity index (χ1n) is 10.5. The molecular weight excluding hydrogens is 422 g/mol. The number of halogens is 1. The molecule has 3 aromatic carbocycles. The number of rotatable bonds is 5. The van der Waals surface area contributed by atoms with Gasteiger partial charge in [0.05, 0.1) is 23.5 Å². The first-order chi connectivity index (χ1) is 15.4. The average Bonchev–Trinajstić information content (AvgIpc) is 2.90. The average molecular weight is 446 g/mol. The number of aryl methyl sites for hydroxylation is 2. The van der Waals surface area contributed by atoms with Gasteiger partial charge in [0.2, 0.25) is 11.8 Å². The van der Waals surface area contributed by atoms with Gasteiger partial charge in [-0.15, -0.1) is 0 Å². The summed E-state index contributed by atoms with van der Waals surface area (Å²) in [6.45, 7) is 4.27. The van der Waals surface area contributed by atoms with Crippen molar-refractivity contribution in [1.29, 1.82) is 0 Å². The molecule has 1 aliphatic rings. The highest BCUT2D eigenvalue weighted by atomic mass is 35.5. The van der Waals surface area contributed by atoms with Crippen LogP contribution in [0.4, 0.5) is 11.4 Å². The molecule has 1 aliphatic heterocycles. The molecule has 0 atom stereocenters. The van der Waals surface area contributed by atoms with Gasteiger partial charge in [-0.05, 0) is 48.7 Å². The molecule has 0 fully saturated rings. The number of amides is 2. The van der Waals surface area contributed by atoms with Gasteiger partial charge >= 0.3 is 0 Å². The minimum atomic E-state index is -0.261. The second-order valence-corrected chi connectivity index (χ2v) is 8.30. The number of fused-ring (bicyclic) bond motifs is 1. The highest BCUT2D eigenvalue weighted by Gasteiger charge is 2.27. The molecule has 0 aromatic heterocycles. The van der Waals surface area contributed by atoms with Crippen LogP contribution in [-0.2, 0) is 16.1 Å². The van der Waals surface area contributed by atoms with E-state index in [2.05, 4.69) is 11.4 Å². The molecule has 0 unspecified atom stereocenters. The lowest BCUT2D eigenvalue weighted by molar-refractivity contribution is -0.123. The van der Waals surface area contributed by atoms with Gasteiger partial charge in [0.1, 0.15) is 6.54 Å². The second-order valence-electron chi connectivity index (χ2n) is 7.89. The monoisotopic (exact) mass is 445 g/mol. The zero-order chi connectivity index (χ0) is 22.7. The molecule has 1 heterocycles. The Bertz CT molecular complexity index is 1220. The summed E-state index contributed by atoms with van der Waals surface area (Å²) in [5.41, 5.74) is 6.01. The maximum atomic E-state index is 13.2. The minimum absolute atomic E-state index is 0.0873. The molecule has 3 aromatic rings. The Hall–Kier alpha value is -3.44. The molecule has 0 radical (unpaired) electrons. The summed E-state index contributed by atoms with van der Waals surface area (Å²) in [5.74, 6) is -0.426. The van der Waals surface area contributed by atoms with Gasteiger partial charge < -0.3 is 10.2 Å². The van der Waals surface area contributed by atoms with E-state index in [1.54, 1.807) is 6.07 Å². The molecular formula is C26H24ClN3O2. The van der Waals surface area contributed by atoms with Gasteiger partial charge in [-0.25, -0.2) is 0 Å². The van der Waals surface area contributed by atoms with E-state index < -0.39 is 0 Å². The number of carbonyl (C=O) groups excluding carboxylic acids is 2. The van der Waals surface area contributed by atoms with Crippen LogP contribution in [0, 0.1) is 13.8 Å². The molecule has 5 nitrogen and oxygen atoms in total. The third-order valence-electron chi connectivity index (χ3n) is 5.48. The SMILES string of the molecule is Cc1ccc(C2=Nc3ccccc3N(CC(=O)NCc3ccccc3Cl)C(=O)C2)c(C)c1. The third kappa shape index (κ3) is 4.73. The summed E-state index contributed by atoms with van der Waals surface area (Å²) in [4.78, 5) is 32.3. The largest absolute Gasteiger partial charge is 0.350 e. The number of aliphatic imine (C=N–C) groups is 1. The van der Waals surface area contributed by atoms with Gasteiger partial charge in [-0.1, -0.05) is 65.7 Å². The molecule has 0 saturated heterocycles. The number of hydrogen-bond donors (Lipinski definition) is 1. The molecule has 0 bridgehead atoms. The smallest absolute Gasteiger partial charge is 0.240 e. The number of anilines is 1. The van der Waals surface area contributed by atoms with E-state index in [0.29, 0.717) is 28.7 Å². The molecule has 4 rings (SSSR count). The van der Waals surface area contributed by atoms with Gasteiger partial charge in [0.25, 0.3) is 0 Å². The van der Waals surface area contributed by atoms with E-state index in [1.807, 2.05) is 68.4 Å². The van der Waals surface area contributed by atoms with E-state index in [-0.39, 0.29) is 24.8 Å². The third-order valence-corrected chi connectivity index (χ3v) is 5.84. The van der Waals surface area contributed by atoms with Crippen LogP contribution in [-0.4, -0.2) is 24.1 Å². The van der Waals surface area contributed by atoms with E-state index in [9.17, 15) is 9.59 Å². The Morgan fingerprint density at radius 3 is 2.59 bits per heavy atom. The first kappa shape index (κ1) is 21.8. The standard InChI is InChI=1S/C26H24ClN3O2/c1-17-11-12-20(18(2)13-17)23-14-26(32)30(24-10-6-5-9-22(24)29-23)16-25(31)28-15-19-7-3-4-8-21(19)27/h3-13H,14-16H2,1-2H3,(H,28,31). The van der Waals surface area contributed by atoms with Gasteiger partial charge in [-0.3, -0.25) is 14.6 Å². The minimum Gasteiger partial charge on any atom is -0.350 e. The van der Waals surface area contributed by atoms with Crippen LogP contribution in [0.5, 0.6) is 0 Å². The number of para-hydroxylation sites is 2. The van der Waals surface area contributed by atoms with Crippen molar-refractivity contribution in [1.82, 2.24) is 5.32 Å². The van der Waals surface area contributed by atoms with Crippen molar-refractivity contribution >= 4 is 40.5 Å². The Balaban J connectivity index is 1.57. The summed E-state index contributed by atoms with van der Waals surface area (Å²) in [5, 5.41) is 3.46. The lowest BCUT2D eigenvalue weighted by atomic mass is 9.99. The van der Waals surface area contributed by atoms with Crippen molar-refractivity contribution in [3.63, 3.8) is 0 Å². The van der Waals surface area contributed by atoms with Crippen molar-refractivity contribution < 1.29 is 9.59 Å². The van der Waals surface area contributed by atoms with E-state index in [0.717, 1.165) is 22.3 Å². The molecule has 32 heavy (non-hydrogen) atoms. The fraction of sp³-hybridized carbons (Fsp3) is 0.192. The molecule has 0 aliphatic carbocycles. The first-order valence-corrected chi connectivity index (χ1v) is 10.8. The summed E-state index contributed by atoms with van der Waals surface area (Å²) in [7, 11) is 0. The number of carbonyl (C=O) groups is 2. The Morgan fingerprint density at radius 2 is 1.81 bits per heavy atom. The van der Waals surface area contributed by atoms with Crippen molar-refractivity contribution in [2.24, 2.45) is 4.99 Å². The van der Waals surface area contributed by atoms with Crippen LogP contribution in [0.3, 0.4) is 0 Å². The van der Waals surface area contributed by atoms with Crippen LogP contribution in [0.1, 0.15) is 28.7 Å². The molecule has 0 saturated carbocycles. The molecule has 2 amide bonds. The number of nitrogens with one attached hydrogen (secondary N) is 1. The molecule has 6 heteroatoms. The molecule has 0 spiro atoms. The maximum absolute atomic E-state index is 13.2. The predicted molar refractivity (Wildman–Crippen MR) is 129 cm³/mol. The van der Waals surface area contributed by atoms with E-state index >= 15 is 0 Å². The lowest BCUT2D eigenvalue weighted by Gasteiger charge is -2.22. The van der Waals surface area contributed by atoms with Gasteiger partial charge in [-0.2, -0.15) is 0 Å². The topological polar surface area (TPSA) is 61.8 Å². The molecule has 162 valence electrons. The summed E-state index contributed by atoms with van der Waals surface area (Å²) in [6, 6.07) is 20.9. The predicted octanol–water partition coefficient (Wildman–Crippen LogP) is 5.13. The zero-order valence-electron chi connectivity index (χ0n) is 18.1. The second kappa shape index (κ2) is 9.37. The Labute approximate surface area is 192 Å². The van der Waals surface area contributed by atoms with Crippen LogP contribution < -0.4 is 10.2 Å². The summed E-state index contributed by atoms with van der Waals surface area (Å²) >= 11 is 6.18. The quantitative estimate of drug-likeness (QED) is 0.591. The normalized spacial score (nSPS) is 13.3. The fourth-order valence-electron chi connectivity index (χ4n) is 3.85. The fourth-order valence-corrected chi connectivity index (χ4v) is 4.05.